The number of hydrogen-bond donors (Lipinski definition) is 1. The molecule has 7 heteroatoms. The van der Waals surface area contributed by atoms with Gasteiger partial charge in [0.25, 0.3) is 11.8 Å². The molecule has 1 N–H and O–H groups in total. The number of carbonyl (C=O) groups is 2. The zero-order valence-electron chi connectivity index (χ0n) is 19.9. The Hall–Kier alpha value is -3.48. The summed E-state index contributed by atoms with van der Waals surface area (Å²) in [7, 11) is 0. The summed E-state index contributed by atoms with van der Waals surface area (Å²) in [5.74, 6) is 1.40. The summed E-state index contributed by atoms with van der Waals surface area (Å²) in [6.45, 7) is 11.5. The molecule has 0 atom stereocenters. The summed E-state index contributed by atoms with van der Waals surface area (Å²) in [5, 5.41) is 3.18. The normalized spacial score (nSPS) is 13.7. The van der Waals surface area contributed by atoms with Crippen molar-refractivity contribution in [1.29, 1.82) is 0 Å². The summed E-state index contributed by atoms with van der Waals surface area (Å²) < 4.78 is 16.9. The molecule has 176 valence electrons. The first-order chi connectivity index (χ1) is 15.9. The first-order valence-corrected chi connectivity index (χ1v) is 11.4. The monoisotopic (exact) mass is 452 g/mol. The molecule has 33 heavy (non-hydrogen) atoms. The van der Waals surface area contributed by atoms with Crippen LogP contribution in [-0.4, -0.2) is 43.1 Å². The minimum atomic E-state index is -0.343. The number of benzene rings is 2. The highest BCUT2D eigenvalue weighted by Crippen LogP contribution is 2.35. The highest BCUT2D eigenvalue weighted by molar-refractivity contribution is 6.36. The number of nitrogens with one attached hydrogen (secondary N) is 1. The summed E-state index contributed by atoms with van der Waals surface area (Å²) in [6.07, 6.45) is 0. The van der Waals surface area contributed by atoms with Gasteiger partial charge in [-0.15, -0.1) is 0 Å². The van der Waals surface area contributed by atoms with Gasteiger partial charge in [-0.2, -0.15) is 0 Å². The van der Waals surface area contributed by atoms with Crippen LogP contribution < -0.4 is 19.5 Å². The molecule has 0 unspecified atom stereocenters. The van der Waals surface area contributed by atoms with Crippen molar-refractivity contribution >= 4 is 23.1 Å². The van der Waals surface area contributed by atoms with Crippen LogP contribution in [0.4, 0.5) is 5.69 Å². The lowest BCUT2D eigenvalue weighted by molar-refractivity contribution is -0.137. The van der Waals surface area contributed by atoms with Gasteiger partial charge in [0.05, 0.1) is 25.4 Å². The van der Waals surface area contributed by atoms with E-state index in [9.17, 15) is 9.59 Å². The molecule has 2 aromatic rings. The maximum absolute atomic E-state index is 13.3. The van der Waals surface area contributed by atoms with Crippen LogP contribution in [0.5, 0.6) is 17.2 Å². The highest BCUT2D eigenvalue weighted by Gasteiger charge is 2.39. The van der Waals surface area contributed by atoms with Gasteiger partial charge in [-0.05, 0) is 56.5 Å². The zero-order chi connectivity index (χ0) is 24.0. The Labute approximate surface area is 195 Å². The van der Waals surface area contributed by atoms with Gasteiger partial charge in [-0.1, -0.05) is 26.0 Å². The second-order valence-corrected chi connectivity index (χ2v) is 7.97. The number of amides is 2. The van der Waals surface area contributed by atoms with Crippen molar-refractivity contribution in [3.8, 4) is 17.2 Å². The third-order valence-electron chi connectivity index (χ3n) is 4.98. The van der Waals surface area contributed by atoms with Crippen LogP contribution in [0.2, 0.25) is 0 Å². The summed E-state index contributed by atoms with van der Waals surface area (Å²) in [4.78, 5) is 27.9. The van der Waals surface area contributed by atoms with Crippen LogP contribution >= 0.6 is 0 Å². The van der Waals surface area contributed by atoms with Crippen molar-refractivity contribution < 1.29 is 23.8 Å². The van der Waals surface area contributed by atoms with E-state index in [1.165, 1.54) is 4.90 Å². The molecule has 0 saturated carbocycles. The Kier molecular flexibility index (Phi) is 7.98. The molecule has 2 amide bonds. The molecule has 0 bridgehead atoms. The van der Waals surface area contributed by atoms with E-state index < -0.39 is 0 Å². The van der Waals surface area contributed by atoms with Crippen molar-refractivity contribution in [3.05, 3.63) is 53.7 Å². The number of hydrogen-bond acceptors (Lipinski definition) is 6. The fraction of sp³-hybridized carbons (Fsp3) is 0.385. The van der Waals surface area contributed by atoms with Gasteiger partial charge < -0.3 is 19.5 Å². The minimum Gasteiger partial charge on any atom is -0.494 e. The lowest BCUT2D eigenvalue weighted by Gasteiger charge is -2.17. The first-order valence-electron chi connectivity index (χ1n) is 11.4. The minimum absolute atomic E-state index is 0.147. The summed E-state index contributed by atoms with van der Waals surface area (Å²) >= 11 is 0. The smallest absolute Gasteiger partial charge is 0.278 e. The van der Waals surface area contributed by atoms with E-state index >= 15 is 0 Å². The Balaban J connectivity index is 2.02. The molecular weight excluding hydrogens is 420 g/mol. The largest absolute Gasteiger partial charge is 0.494 e. The van der Waals surface area contributed by atoms with Gasteiger partial charge in [0.2, 0.25) is 0 Å². The predicted octanol–water partition coefficient (Wildman–Crippen LogP) is 4.73. The van der Waals surface area contributed by atoms with E-state index in [1.54, 1.807) is 42.5 Å². The number of ether oxygens (including phenoxy) is 3. The maximum atomic E-state index is 13.3. The molecule has 1 aliphatic rings. The third-order valence-corrected chi connectivity index (χ3v) is 4.98. The van der Waals surface area contributed by atoms with Gasteiger partial charge >= 0.3 is 0 Å². The van der Waals surface area contributed by atoms with Gasteiger partial charge in [0.1, 0.15) is 11.4 Å². The lowest BCUT2D eigenvalue weighted by atomic mass is 10.0. The Bertz CT molecular complexity index is 1030. The Morgan fingerprint density at radius 3 is 2.06 bits per heavy atom. The standard InChI is InChI=1S/C26H32N2O5/c1-6-31-20-12-9-18(10-13-20)23-24(26(30)28(25(23)29)16-17(4)5)27-19-11-14-21(32-7-2)22(15-19)33-8-3/h9-15,17,27H,6-8,16H2,1-5H3. The molecule has 0 saturated heterocycles. The topological polar surface area (TPSA) is 77.1 Å². The third kappa shape index (κ3) is 5.48. The quantitative estimate of drug-likeness (QED) is 0.497. The van der Waals surface area contributed by atoms with Crippen LogP contribution in [0, 0.1) is 5.92 Å². The van der Waals surface area contributed by atoms with Crippen molar-refractivity contribution in [2.24, 2.45) is 5.92 Å². The molecule has 1 heterocycles. The van der Waals surface area contributed by atoms with Crippen molar-refractivity contribution in [2.75, 3.05) is 31.7 Å². The molecule has 7 nitrogen and oxygen atoms in total. The van der Waals surface area contributed by atoms with Crippen LogP contribution in [0.3, 0.4) is 0 Å². The molecular formula is C26H32N2O5. The number of rotatable bonds is 11. The average molecular weight is 453 g/mol. The first kappa shape index (κ1) is 24.2. The predicted molar refractivity (Wildman–Crippen MR) is 128 cm³/mol. The maximum Gasteiger partial charge on any atom is 0.278 e. The molecule has 0 aliphatic carbocycles. The molecule has 0 aromatic heterocycles. The van der Waals surface area contributed by atoms with Gasteiger partial charge in [0, 0.05) is 18.3 Å². The number of nitrogens with zero attached hydrogens (tertiary/aromatic N) is 1. The zero-order valence-corrected chi connectivity index (χ0v) is 19.9. The van der Waals surface area contributed by atoms with Gasteiger partial charge in [-0.3, -0.25) is 14.5 Å². The van der Waals surface area contributed by atoms with E-state index in [1.807, 2.05) is 34.6 Å². The van der Waals surface area contributed by atoms with Crippen LogP contribution in [-0.2, 0) is 9.59 Å². The van der Waals surface area contributed by atoms with Crippen LogP contribution in [0.25, 0.3) is 5.57 Å². The van der Waals surface area contributed by atoms with Crippen molar-refractivity contribution in [1.82, 2.24) is 4.90 Å². The van der Waals surface area contributed by atoms with E-state index in [4.69, 9.17) is 14.2 Å². The second-order valence-electron chi connectivity index (χ2n) is 7.97. The SMILES string of the molecule is CCOc1ccc(C2=C(Nc3ccc(OCC)c(OCC)c3)C(=O)N(CC(C)C)C2=O)cc1. The summed E-state index contributed by atoms with van der Waals surface area (Å²) in [6, 6.07) is 12.6. The molecule has 1 aliphatic heterocycles. The number of carbonyl (C=O) groups excluding carboxylic acids is 2. The van der Waals surface area contributed by atoms with Crippen LogP contribution in [0.1, 0.15) is 40.2 Å². The fourth-order valence-electron chi connectivity index (χ4n) is 3.65. The Morgan fingerprint density at radius 2 is 1.45 bits per heavy atom. The molecule has 0 radical (unpaired) electrons. The molecule has 0 spiro atoms. The molecule has 3 rings (SSSR count). The van der Waals surface area contributed by atoms with Crippen molar-refractivity contribution in [3.63, 3.8) is 0 Å². The molecule has 2 aromatic carbocycles. The Morgan fingerprint density at radius 1 is 0.818 bits per heavy atom. The number of imide groups is 1. The van der Waals surface area contributed by atoms with E-state index in [0.29, 0.717) is 60.4 Å². The van der Waals surface area contributed by atoms with E-state index in [-0.39, 0.29) is 23.4 Å². The van der Waals surface area contributed by atoms with Gasteiger partial charge in [0.15, 0.2) is 11.5 Å². The molecule has 0 fully saturated rings. The van der Waals surface area contributed by atoms with Gasteiger partial charge in [-0.25, -0.2) is 0 Å². The second kappa shape index (κ2) is 10.9. The van der Waals surface area contributed by atoms with E-state index in [0.717, 1.165) is 0 Å². The highest BCUT2D eigenvalue weighted by atomic mass is 16.5. The lowest BCUT2D eigenvalue weighted by Crippen LogP contribution is -2.35. The van der Waals surface area contributed by atoms with Crippen LogP contribution in [0.15, 0.2) is 48.2 Å². The van der Waals surface area contributed by atoms with E-state index in [2.05, 4.69) is 5.32 Å². The fourth-order valence-corrected chi connectivity index (χ4v) is 3.65. The van der Waals surface area contributed by atoms with Crippen molar-refractivity contribution in [2.45, 2.75) is 34.6 Å². The summed E-state index contributed by atoms with van der Waals surface area (Å²) in [5.41, 5.74) is 1.88. The average Bonchev–Trinajstić information content (AvgIpc) is 3.00. The number of anilines is 1.